The van der Waals surface area contributed by atoms with Crippen molar-refractivity contribution in [1.82, 2.24) is 10.2 Å². The van der Waals surface area contributed by atoms with E-state index in [4.69, 9.17) is 4.74 Å². The quantitative estimate of drug-likeness (QED) is 0.875. The van der Waals surface area contributed by atoms with Crippen LogP contribution in [0, 0.1) is 5.92 Å². The van der Waals surface area contributed by atoms with Crippen LogP contribution in [0.25, 0.3) is 0 Å². The molecule has 0 spiro atoms. The van der Waals surface area contributed by atoms with Crippen LogP contribution in [0.15, 0.2) is 30.3 Å². The number of hydrogen-bond donors (Lipinski definition) is 1. The Morgan fingerprint density at radius 2 is 2.09 bits per heavy atom. The topological polar surface area (TPSA) is 58.6 Å². The fourth-order valence-electron chi connectivity index (χ4n) is 2.89. The molecule has 1 heterocycles. The molecule has 1 aromatic rings. The lowest BCUT2D eigenvalue weighted by atomic mass is 10.0. The zero-order valence-corrected chi connectivity index (χ0v) is 14.0. The van der Waals surface area contributed by atoms with E-state index in [9.17, 15) is 9.59 Å². The maximum Gasteiger partial charge on any atom is 0.225 e. The molecule has 0 saturated carbocycles. The number of rotatable bonds is 6. The van der Waals surface area contributed by atoms with E-state index in [0.717, 1.165) is 25.1 Å². The first-order chi connectivity index (χ1) is 11.1. The van der Waals surface area contributed by atoms with Crippen molar-refractivity contribution in [3.05, 3.63) is 30.3 Å². The van der Waals surface area contributed by atoms with Crippen LogP contribution >= 0.6 is 0 Å². The second kappa shape index (κ2) is 8.56. The monoisotopic (exact) mass is 318 g/mol. The Bertz CT molecular complexity index is 518. The number of nitrogens with one attached hydrogen (secondary N) is 1. The van der Waals surface area contributed by atoms with Gasteiger partial charge in [0.15, 0.2) is 0 Å². The van der Waals surface area contributed by atoms with Gasteiger partial charge >= 0.3 is 0 Å². The smallest absolute Gasteiger partial charge is 0.225 e. The summed E-state index contributed by atoms with van der Waals surface area (Å²) in [5.41, 5.74) is 0. The summed E-state index contributed by atoms with van der Waals surface area (Å²) in [7, 11) is 0. The van der Waals surface area contributed by atoms with Crippen molar-refractivity contribution < 1.29 is 14.3 Å². The molecule has 0 bridgehead atoms. The molecule has 1 aliphatic rings. The molecular weight excluding hydrogens is 292 g/mol. The molecule has 1 aliphatic heterocycles. The van der Waals surface area contributed by atoms with Gasteiger partial charge in [0.25, 0.3) is 0 Å². The van der Waals surface area contributed by atoms with E-state index in [1.165, 1.54) is 6.92 Å². The highest BCUT2D eigenvalue weighted by atomic mass is 16.5. The van der Waals surface area contributed by atoms with Crippen LogP contribution in [0.3, 0.4) is 0 Å². The highest BCUT2D eigenvalue weighted by Gasteiger charge is 2.26. The molecule has 1 fully saturated rings. The third-order valence-corrected chi connectivity index (χ3v) is 4.12. The minimum atomic E-state index is -0.0743. The van der Waals surface area contributed by atoms with Crippen molar-refractivity contribution in [1.29, 1.82) is 0 Å². The molecule has 2 amide bonds. The number of carbonyl (C=O) groups is 2. The number of para-hydroxylation sites is 1. The lowest BCUT2D eigenvalue weighted by Crippen LogP contribution is -2.50. The van der Waals surface area contributed by atoms with Crippen LogP contribution in [-0.2, 0) is 9.59 Å². The standard InChI is InChI=1S/C18H26N2O3/c1-14(10-12-23-17-8-4-3-5-9-17)18(22)20-11-6-7-16(13-20)19-15(2)21/h3-5,8-9,14,16H,6-7,10-13H2,1-2H3,(H,19,21). The fourth-order valence-corrected chi connectivity index (χ4v) is 2.89. The van der Waals surface area contributed by atoms with Crippen molar-refractivity contribution in [3.8, 4) is 5.75 Å². The van der Waals surface area contributed by atoms with Gasteiger partial charge in [-0.1, -0.05) is 25.1 Å². The molecule has 2 rings (SSSR count). The van der Waals surface area contributed by atoms with E-state index in [0.29, 0.717) is 19.6 Å². The Hall–Kier alpha value is -2.04. The van der Waals surface area contributed by atoms with Gasteiger partial charge in [0.1, 0.15) is 5.75 Å². The molecule has 0 aromatic heterocycles. The lowest BCUT2D eigenvalue weighted by Gasteiger charge is -2.34. The fraction of sp³-hybridized carbons (Fsp3) is 0.556. The largest absolute Gasteiger partial charge is 0.494 e. The highest BCUT2D eigenvalue weighted by molar-refractivity contribution is 5.79. The molecule has 23 heavy (non-hydrogen) atoms. The SMILES string of the molecule is CC(=O)NC1CCCN(C(=O)C(C)CCOc2ccccc2)C1. The maximum atomic E-state index is 12.5. The Morgan fingerprint density at radius 3 is 2.78 bits per heavy atom. The first-order valence-corrected chi connectivity index (χ1v) is 8.30. The van der Waals surface area contributed by atoms with Crippen LogP contribution < -0.4 is 10.1 Å². The van der Waals surface area contributed by atoms with E-state index in [2.05, 4.69) is 5.32 Å². The van der Waals surface area contributed by atoms with E-state index >= 15 is 0 Å². The normalized spacial score (nSPS) is 19.0. The average Bonchev–Trinajstić information content (AvgIpc) is 2.54. The molecule has 5 nitrogen and oxygen atoms in total. The molecule has 2 unspecified atom stereocenters. The summed E-state index contributed by atoms with van der Waals surface area (Å²) in [4.78, 5) is 25.6. The van der Waals surface area contributed by atoms with Crippen molar-refractivity contribution in [3.63, 3.8) is 0 Å². The average molecular weight is 318 g/mol. The van der Waals surface area contributed by atoms with Crippen molar-refractivity contribution >= 4 is 11.8 Å². The summed E-state index contributed by atoms with van der Waals surface area (Å²) in [5, 5.41) is 2.91. The number of amides is 2. The first kappa shape index (κ1) is 17.3. The van der Waals surface area contributed by atoms with Crippen molar-refractivity contribution in [2.24, 2.45) is 5.92 Å². The van der Waals surface area contributed by atoms with Gasteiger partial charge in [0.05, 0.1) is 6.61 Å². The minimum absolute atomic E-state index is 0.0337. The number of benzene rings is 1. The number of likely N-dealkylation sites (tertiary alicyclic amines) is 1. The van der Waals surface area contributed by atoms with Gasteiger partial charge < -0.3 is 15.0 Å². The molecule has 1 N–H and O–H groups in total. The molecule has 0 radical (unpaired) electrons. The summed E-state index contributed by atoms with van der Waals surface area (Å²) in [6.45, 7) is 5.38. The molecule has 0 aliphatic carbocycles. The molecular formula is C18H26N2O3. The Kier molecular flexibility index (Phi) is 6.44. The van der Waals surface area contributed by atoms with E-state index in [1.54, 1.807) is 0 Å². The van der Waals surface area contributed by atoms with Crippen LogP contribution in [-0.4, -0.2) is 42.5 Å². The van der Waals surface area contributed by atoms with Crippen LogP contribution in [0.4, 0.5) is 0 Å². The van der Waals surface area contributed by atoms with E-state index in [1.807, 2.05) is 42.2 Å². The predicted molar refractivity (Wildman–Crippen MR) is 89.1 cm³/mol. The second-order valence-corrected chi connectivity index (χ2v) is 6.18. The van der Waals surface area contributed by atoms with Gasteiger partial charge in [-0.3, -0.25) is 9.59 Å². The molecule has 126 valence electrons. The molecule has 5 heteroatoms. The Labute approximate surface area is 138 Å². The summed E-state index contributed by atoms with van der Waals surface area (Å²) in [6, 6.07) is 9.71. The summed E-state index contributed by atoms with van der Waals surface area (Å²) in [6.07, 6.45) is 2.56. The number of hydrogen-bond acceptors (Lipinski definition) is 3. The number of carbonyl (C=O) groups excluding carboxylic acids is 2. The van der Waals surface area contributed by atoms with Crippen LogP contribution in [0.1, 0.15) is 33.1 Å². The Morgan fingerprint density at radius 1 is 1.35 bits per heavy atom. The van der Waals surface area contributed by atoms with E-state index in [-0.39, 0.29) is 23.8 Å². The van der Waals surface area contributed by atoms with Crippen molar-refractivity contribution in [2.75, 3.05) is 19.7 Å². The molecule has 1 saturated heterocycles. The van der Waals surface area contributed by atoms with Gasteiger partial charge in [0.2, 0.25) is 11.8 Å². The van der Waals surface area contributed by atoms with Crippen LogP contribution in [0.2, 0.25) is 0 Å². The molecule has 1 aromatic carbocycles. The van der Waals surface area contributed by atoms with Gasteiger partial charge in [-0.2, -0.15) is 0 Å². The zero-order chi connectivity index (χ0) is 16.7. The number of ether oxygens (including phenoxy) is 1. The summed E-state index contributed by atoms with van der Waals surface area (Å²) >= 11 is 0. The van der Waals surface area contributed by atoms with Gasteiger partial charge in [-0.15, -0.1) is 0 Å². The highest BCUT2D eigenvalue weighted by Crippen LogP contribution is 2.16. The van der Waals surface area contributed by atoms with Gasteiger partial charge in [-0.25, -0.2) is 0 Å². The first-order valence-electron chi connectivity index (χ1n) is 8.30. The Balaban J connectivity index is 1.76. The number of nitrogens with zero attached hydrogens (tertiary/aromatic N) is 1. The molecule has 2 atom stereocenters. The summed E-state index contributed by atoms with van der Waals surface area (Å²) in [5.74, 6) is 0.871. The van der Waals surface area contributed by atoms with E-state index < -0.39 is 0 Å². The predicted octanol–water partition coefficient (Wildman–Crippen LogP) is 2.22. The zero-order valence-electron chi connectivity index (χ0n) is 14.0. The minimum Gasteiger partial charge on any atom is -0.494 e. The summed E-state index contributed by atoms with van der Waals surface area (Å²) < 4.78 is 5.66. The van der Waals surface area contributed by atoms with Crippen LogP contribution in [0.5, 0.6) is 5.75 Å². The van der Waals surface area contributed by atoms with Gasteiger partial charge in [0, 0.05) is 32.0 Å². The lowest BCUT2D eigenvalue weighted by molar-refractivity contribution is -0.137. The third-order valence-electron chi connectivity index (χ3n) is 4.12. The second-order valence-electron chi connectivity index (χ2n) is 6.18. The third kappa shape index (κ3) is 5.58. The van der Waals surface area contributed by atoms with Gasteiger partial charge in [-0.05, 0) is 31.4 Å². The maximum absolute atomic E-state index is 12.5. The van der Waals surface area contributed by atoms with Crippen molar-refractivity contribution in [2.45, 2.75) is 39.2 Å². The number of piperidine rings is 1.